The van der Waals surface area contributed by atoms with Crippen molar-refractivity contribution in [3.8, 4) is 11.1 Å². The molecule has 1 unspecified atom stereocenters. The lowest BCUT2D eigenvalue weighted by Crippen LogP contribution is -2.49. The van der Waals surface area contributed by atoms with E-state index in [1.807, 2.05) is 44.2 Å². The summed E-state index contributed by atoms with van der Waals surface area (Å²) < 4.78 is 11.6. The highest BCUT2D eigenvalue weighted by Crippen LogP contribution is 2.35. The molecule has 2 atom stereocenters. The number of likely N-dealkylation sites (tertiary alicyclic amines) is 1. The number of aryl methyl sites for hydroxylation is 1. The molecule has 0 saturated carbocycles. The Morgan fingerprint density at radius 2 is 1.83 bits per heavy atom. The molecule has 0 aliphatic carbocycles. The molecule has 2 aromatic carbocycles. The number of nitrogens with one attached hydrogen (secondary N) is 3. The molecule has 2 aliphatic rings. The summed E-state index contributed by atoms with van der Waals surface area (Å²) in [6.45, 7) is 4.41. The summed E-state index contributed by atoms with van der Waals surface area (Å²) in [4.78, 5) is 42.0. The number of amidine groups is 1. The first kappa shape index (κ1) is 28.5. The molecular weight excluding hydrogens is 542 g/mol. The molecule has 5 rings (SSSR count). The molecule has 3 heterocycles. The Morgan fingerprint density at radius 1 is 1.10 bits per heavy atom. The van der Waals surface area contributed by atoms with Crippen LogP contribution < -0.4 is 16.4 Å². The maximum absolute atomic E-state index is 13.4. The summed E-state index contributed by atoms with van der Waals surface area (Å²) in [5, 5.41) is 15.0. The SMILES string of the molecule is Cc1ccc(-c2cccc(C(=O)NCC(=O)N3CC4(C[C@H]3C(=O)NC(C)c3cc(C(=N)N)cs3)OCCO4)c2)cc1. The van der Waals surface area contributed by atoms with Crippen LogP contribution in [0.15, 0.2) is 60.0 Å². The molecule has 0 bridgehead atoms. The van der Waals surface area contributed by atoms with Gasteiger partial charge in [0, 0.05) is 27.8 Å². The van der Waals surface area contributed by atoms with Crippen LogP contribution in [-0.4, -0.2) is 66.6 Å². The van der Waals surface area contributed by atoms with Crippen LogP contribution in [0.1, 0.15) is 45.7 Å². The summed E-state index contributed by atoms with van der Waals surface area (Å²) in [6.07, 6.45) is 0.187. The van der Waals surface area contributed by atoms with Crippen LogP contribution in [0.4, 0.5) is 0 Å². The molecular formula is C30H33N5O5S. The molecule has 11 heteroatoms. The van der Waals surface area contributed by atoms with E-state index in [1.54, 1.807) is 29.6 Å². The highest BCUT2D eigenvalue weighted by Gasteiger charge is 2.52. The van der Waals surface area contributed by atoms with E-state index < -0.39 is 17.7 Å². The van der Waals surface area contributed by atoms with Crippen LogP contribution in [0.5, 0.6) is 0 Å². The molecule has 5 N–H and O–H groups in total. The smallest absolute Gasteiger partial charge is 0.251 e. The number of amides is 3. The second-order valence-electron chi connectivity index (χ2n) is 10.4. The Balaban J connectivity index is 1.25. The van der Waals surface area contributed by atoms with Gasteiger partial charge in [0.2, 0.25) is 11.8 Å². The van der Waals surface area contributed by atoms with Crippen LogP contribution in [0.25, 0.3) is 11.1 Å². The fraction of sp³-hybridized carbons (Fsp3) is 0.333. The average molecular weight is 576 g/mol. The molecule has 2 aliphatic heterocycles. The molecule has 3 amide bonds. The van der Waals surface area contributed by atoms with Gasteiger partial charge in [-0.25, -0.2) is 0 Å². The van der Waals surface area contributed by atoms with E-state index >= 15 is 0 Å². The topological polar surface area (TPSA) is 147 Å². The number of nitrogens with zero attached hydrogens (tertiary/aromatic N) is 1. The maximum Gasteiger partial charge on any atom is 0.251 e. The van der Waals surface area contributed by atoms with Crippen LogP contribution in [0.2, 0.25) is 0 Å². The Morgan fingerprint density at radius 3 is 2.51 bits per heavy atom. The van der Waals surface area contributed by atoms with Gasteiger partial charge in [-0.3, -0.25) is 19.8 Å². The highest BCUT2D eigenvalue weighted by atomic mass is 32.1. The van der Waals surface area contributed by atoms with Gasteiger partial charge in [0.05, 0.1) is 32.3 Å². The van der Waals surface area contributed by atoms with Gasteiger partial charge in [0.1, 0.15) is 11.9 Å². The third kappa shape index (κ3) is 6.32. The summed E-state index contributed by atoms with van der Waals surface area (Å²) in [5.74, 6) is -2.23. The Kier molecular flexibility index (Phi) is 8.20. The molecule has 1 spiro atoms. The summed E-state index contributed by atoms with van der Waals surface area (Å²) in [5.41, 5.74) is 9.63. The predicted octanol–water partition coefficient (Wildman–Crippen LogP) is 2.96. The van der Waals surface area contributed by atoms with Crippen molar-refractivity contribution in [3.63, 3.8) is 0 Å². The monoisotopic (exact) mass is 575 g/mol. The molecule has 3 aromatic rings. The molecule has 214 valence electrons. The number of hydrogen-bond acceptors (Lipinski definition) is 7. The Hall–Kier alpha value is -4.06. The normalized spacial score (nSPS) is 18.3. The van der Waals surface area contributed by atoms with Crippen molar-refractivity contribution < 1.29 is 23.9 Å². The van der Waals surface area contributed by atoms with Crippen molar-refractivity contribution >= 4 is 34.9 Å². The van der Waals surface area contributed by atoms with E-state index in [9.17, 15) is 14.4 Å². The van der Waals surface area contributed by atoms with Gasteiger partial charge in [-0.05, 0) is 43.2 Å². The van der Waals surface area contributed by atoms with Gasteiger partial charge in [-0.2, -0.15) is 0 Å². The van der Waals surface area contributed by atoms with Crippen molar-refractivity contribution in [1.82, 2.24) is 15.5 Å². The third-order valence-corrected chi connectivity index (χ3v) is 8.47. The second kappa shape index (κ2) is 11.8. The van der Waals surface area contributed by atoms with Crippen molar-refractivity contribution in [2.24, 2.45) is 5.73 Å². The van der Waals surface area contributed by atoms with Crippen molar-refractivity contribution in [2.75, 3.05) is 26.3 Å². The Labute approximate surface area is 242 Å². The van der Waals surface area contributed by atoms with E-state index in [0.717, 1.165) is 21.6 Å². The van der Waals surface area contributed by atoms with E-state index in [0.29, 0.717) is 24.3 Å². The second-order valence-corrected chi connectivity index (χ2v) is 11.3. The molecule has 10 nitrogen and oxygen atoms in total. The third-order valence-electron chi connectivity index (χ3n) is 7.35. The first-order valence-electron chi connectivity index (χ1n) is 13.4. The molecule has 2 fully saturated rings. The quantitative estimate of drug-likeness (QED) is 0.240. The summed E-state index contributed by atoms with van der Waals surface area (Å²) in [7, 11) is 0. The number of carbonyl (C=O) groups is 3. The van der Waals surface area contributed by atoms with Crippen molar-refractivity contribution in [2.45, 2.75) is 38.1 Å². The maximum atomic E-state index is 13.4. The number of hydrogen-bond donors (Lipinski definition) is 4. The summed E-state index contributed by atoms with van der Waals surface area (Å²) >= 11 is 1.39. The number of ether oxygens (including phenoxy) is 2. The number of nitrogens with two attached hydrogens (primary N) is 1. The Bertz CT molecular complexity index is 1460. The number of nitrogen functional groups attached to an aromatic ring is 1. The van der Waals surface area contributed by atoms with Crippen LogP contribution >= 0.6 is 11.3 Å². The minimum Gasteiger partial charge on any atom is -0.384 e. The average Bonchev–Trinajstić information content (AvgIpc) is 3.73. The molecule has 1 aromatic heterocycles. The van der Waals surface area contributed by atoms with Crippen LogP contribution in [0.3, 0.4) is 0 Å². The zero-order valence-corrected chi connectivity index (χ0v) is 23.8. The molecule has 0 radical (unpaired) electrons. The zero-order chi connectivity index (χ0) is 29.1. The van der Waals surface area contributed by atoms with Gasteiger partial charge in [-0.1, -0.05) is 42.0 Å². The zero-order valence-electron chi connectivity index (χ0n) is 22.9. The highest BCUT2D eigenvalue weighted by molar-refractivity contribution is 7.10. The first-order valence-corrected chi connectivity index (χ1v) is 14.3. The first-order chi connectivity index (χ1) is 19.6. The van der Waals surface area contributed by atoms with Gasteiger partial charge in [0.15, 0.2) is 5.79 Å². The molecule has 41 heavy (non-hydrogen) atoms. The van der Waals surface area contributed by atoms with Crippen molar-refractivity contribution in [1.29, 1.82) is 5.41 Å². The fourth-order valence-corrected chi connectivity index (χ4v) is 6.00. The van der Waals surface area contributed by atoms with Crippen LogP contribution in [-0.2, 0) is 19.1 Å². The number of carbonyl (C=O) groups excluding carboxylic acids is 3. The molecule has 2 saturated heterocycles. The van der Waals surface area contributed by atoms with E-state index in [4.69, 9.17) is 20.6 Å². The largest absolute Gasteiger partial charge is 0.384 e. The van der Waals surface area contributed by atoms with Crippen LogP contribution in [0, 0.1) is 12.3 Å². The van der Waals surface area contributed by atoms with Gasteiger partial charge in [-0.15, -0.1) is 11.3 Å². The number of benzene rings is 2. The predicted molar refractivity (Wildman–Crippen MR) is 156 cm³/mol. The number of rotatable bonds is 8. The van der Waals surface area contributed by atoms with E-state index in [2.05, 4.69) is 10.6 Å². The summed E-state index contributed by atoms with van der Waals surface area (Å²) in [6, 6.07) is 15.8. The lowest BCUT2D eigenvalue weighted by Gasteiger charge is -2.25. The lowest BCUT2D eigenvalue weighted by molar-refractivity contribution is -0.152. The van der Waals surface area contributed by atoms with E-state index in [-0.39, 0.29) is 43.2 Å². The lowest BCUT2D eigenvalue weighted by atomic mass is 10.0. The van der Waals surface area contributed by atoms with Gasteiger partial charge >= 0.3 is 0 Å². The van der Waals surface area contributed by atoms with Gasteiger partial charge in [0.25, 0.3) is 5.91 Å². The van der Waals surface area contributed by atoms with Gasteiger partial charge < -0.3 is 30.7 Å². The van der Waals surface area contributed by atoms with E-state index in [1.165, 1.54) is 16.2 Å². The minimum absolute atomic E-state index is 0.0417. The minimum atomic E-state index is -1.04. The number of thiophene rings is 1. The van der Waals surface area contributed by atoms with Crippen molar-refractivity contribution in [3.05, 3.63) is 81.5 Å². The standard InChI is InChI=1S/C30H33N5O5S/c1-18-6-8-20(9-7-18)21-4-3-5-22(12-21)28(37)33-15-26(36)35-17-30(39-10-11-40-30)14-24(35)29(38)34-19(2)25-13-23(16-41-25)27(31)32/h3-9,12-13,16,19,24H,10-11,14-15,17H2,1-2H3,(H3,31,32)(H,33,37)(H,34,38)/t19?,24-/m0/s1. The fourth-order valence-electron chi connectivity index (χ4n) is 5.09.